The molecule has 1 aromatic carbocycles. The van der Waals surface area contributed by atoms with E-state index < -0.39 is 0 Å². The molecule has 0 bridgehead atoms. The summed E-state index contributed by atoms with van der Waals surface area (Å²) < 4.78 is 0. The van der Waals surface area contributed by atoms with Crippen molar-refractivity contribution in [2.45, 2.75) is 26.7 Å². The maximum Gasteiger partial charge on any atom is 0.168 e. The van der Waals surface area contributed by atoms with Crippen molar-refractivity contribution in [1.82, 2.24) is 0 Å². The van der Waals surface area contributed by atoms with Gasteiger partial charge in [-0.15, -0.1) is 0 Å². The smallest absolute Gasteiger partial charge is 0.168 e. The molecule has 0 heterocycles. The van der Waals surface area contributed by atoms with Crippen LogP contribution < -0.4 is 11.1 Å². The van der Waals surface area contributed by atoms with Crippen molar-refractivity contribution >= 4 is 34.6 Å². The minimum absolute atomic E-state index is 0.279. The van der Waals surface area contributed by atoms with Gasteiger partial charge in [0.05, 0.1) is 0 Å². The molecule has 0 aliphatic carbocycles. The van der Waals surface area contributed by atoms with Gasteiger partial charge in [-0.05, 0) is 42.3 Å². The first kappa shape index (κ1) is 12.3. The standard InChI is InChI=1S/C11H15ClN2S/c1-3-7-5-6-9(12)8(4-2)10(7)14-11(13)15/h5-6H,3-4H2,1-2H3,(H3,13,14,15). The van der Waals surface area contributed by atoms with Gasteiger partial charge in [0.15, 0.2) is 5.11 Å². The second kappa shape index (κ2) is 5.33. The van der Waals surface area contributed by atoms with Gasteiger partial charge in [0.2, 0.25) is 0 Å². The first-order valence-corrected chi connectivity index (χ1v) is 5.75. The number of nitrogens with one attached hydrogen (secondary N) is 1. The second-order valence-electron chi connectivity index (χ2n) is 3.26. The molecular weight excluding hydrogens is 228 g/mol. The highest BCUT2D eigenvalue weighted by Gasteiger charge is 2.10. The van der Waals surface area contributed by atoms with Crippen LogP contribution in [0, 0.1) is 0 Å². The third-order valence-electron chi connectivity index (χ3n) is 2.32. The fourth-order valence-corrected chi connectivity index (χ4v) is 1.98. The Bertz CT molecular complexity index is 377. The zero-order valence-corrected chi connectivity index (χ0v) is 10.5. The highest BCUT2D eigenvalue weighted by molar-refractivity contribution is 7.80. The molecule has 0 fully saturated rings. The van der Waals surface area contributed by atoms with Crippen molar-refractivity contribution < 1.29 is 0 Å². The van der Waals surface area contributed by atoms with Crippen molar-refractivity contribution in [3.63, 3.8) is 0 Å². The van der Waals surface area contributed by atoms with E-state index in [1.807, 2.05) is 12.1 Å². The summed E-state index contributed by atoms with van der Waals surface area (Å²) in [4.78, 5) is 0. The van der Waals surface area contributed by atoms with E-state index in [1.165, 1.54) is 5.56 Å². The molecular formula is C11H15ClN2S. The van der Waals surface area contributed by atoms with Gasteiger partial charge in [0, 0.05) is 10.7 Å². The van der Waals surface area contributed by atoms with E-state index >= 15 is 0 Å². The van der Waals surface area contributed by atoms with Crippen molar-refractivity contribution in [3.05, 3.63) is 28.3 Å². The van der Waals surface area contributed by atoms with E-state index in [0.717, 1.165) is 29.1 Å². The van der Waals surface area contributed by atoms with Gasteiger partial charge in [0.25, 0.3) is 0 Å². The first-order chi connectivity index (χ1) is 7.10. The van der Waals surface area contributed by atoms with Gasteiger partial charge in [-0.2, -0.15) is 0 Å². The normalized spacial score (nSPS) is 10.1. The highest BCUT2D eigenvalue weighted by Crippen LogP contribution is 2.29. The van der Waals surface area contributed by atoms with Crippen molar-refractivity contribution in [1.29, 1.82) is 0 Å². The van der Waals surface area contributed by atoms with Gasteiger partial charge >= 0.3 is 0 Å². The number of hydrogen-bond donors (Lipinski definition) is 2. The first-order valence-electron chi connectivity index (χ1n) is 4.96. The number of aryl methyl sites for hydroxylation is 1. The van der Waals surface area contributed by atoms with E-state index in [9.17, 15) is 0 Å². The van der Waals surface area contributed by atoms with Crippen LogP contribution in [-0.4, -0.2) is 5.11 Å². The predicted octanol–water partition coefficient (Wildman–Crippen LogP) is 3.12. The largest absolute Gasteiger partial charge is 0.376 e. The fourth-order valence-electron chi connectivity index (χ4n) is 1.59. The molecule has 3 N–H and O–H groups in total. The molecule has 0 saturated carbocycles. The van der Waals surface area contributed by atoms with E-state index in [-0.39, 0.29) is 5.11 Å². The molecule has 0 aromatic heterocycles. The minimum Gasteiger partial charge on any atom is -0.376 e. The summed E-state index contributed by atoms with van der Waals surface area (Å²) in [7, 11) is 0. The average Bonchev–Trinajstić information content (AvgIpc) is 2.18. The zero-order valence-electron chi connectivity index (χ0n) is 8.93. The Morgan fingerprint density at radius 2 is 2.07 bits per heavy atom. The topological polar surface area (TPSA) is 38.0 Å². The van der Waals surface area contributed by atoms with Gasteiger partial charge in [-0.25, -0.2) is 0 Å². The molecule has 0 aliphatic heterocycles. The van der Waals surface area contributed by atoms with Crippen LogP contribution in [0.25, 0.3) is 0 Å². The molecule has 0 radical (unpaired) electrons. The van der Waals surface area contributed by atoms with Gasteiger partial charge in [-0.3, -0.25) is 0 Å². The maximum absolute atomic E-state index is 6.12. The van der Waals surface area contributed by atoms with Crippen LogP contribution in [0.5, 0.6) is 0 Å². The lowest BCUT2D eigenvalue weighted by Crippen LogP contribution is -2.21. The summed E-state index contributed by atoms with van der Waals surface area (Å²) in [5.74, 6) is 0. The third-order valence-corrected chi connectivity index (χ3v) is 2.78. The number of thiocarbonyl (C=S) groups is 1. The molecule has 0 amide bonds. The van der Waals surface area contributed by atoms with Crippen LogP contribution in [0.1, 0.15) is 25.0 Å². The molecule has 1 rings (SSSR count). The molecule has 2 nitrogen and oxygen atoms in total. The number of nitrogens with two attached hydrogens (primary N) is 1. The number of halogens is 1. The molecule has 0 atom stereocenters. The van der Waals surface area contributed by atoms with Crippen LogP contribution in [0.3, 0.4) is 0 Å². The molecule has 1 aromatic rings. The molecule has 82 valence electrons. The molecule has 0 saturated heterocycles. The van der Waals surface area contributed by atoms with Crippen LogP contribution in [-0.2, 0) is 12.8 Å². The number of benzene rings is 1. The quantitative estimate of drug-likeness (QED) is 0.800. The zero-order chi connectivity index (χ0) is 11.4. The van der Waals surface area contributed by atoms with E-state index in [2.05, 4.69) is 19.2 Å². The molecule has 0 aliphatic rings. The lowest BCUT2D eigenvalue weighted by Gasteiger charge is -2.15. The Hall–Kier alpha value is -0.800. The Balaban J connectivity index is 3.26. The second-order valence-corrected chi connectivity index (χ2v) is 4.10. The number of rotatable bonds is 3. The Morgan fingerprint density at radius 3 is 2.53 bits per heavy atom. The van der Waals surface area contributed by atoms with Crippen molar-refractivity contribution in [3.8, 4) is 0 Å². The summed E-state index contributed by atoms with van der Waals surface area (Å²) in [6.07, 6.45) is 1.78. The predicted molar refractivity (Wildman–Crippen MR) is 70.6 cm³/mol. The van der Waals surface area contributed by atoms with Crippen LogP contribution in [0.4, 0.5) is 5.69 Å². The highest BCUT2D eigenvalue weighted by atomic mass is 35.5. The summed E-state index contributed by atoms with van der Waals surface area (Å²) in [5.41, 5.74) is 8.73. The molecule has 15 heavy (non-hydrogen) atoms. The fraction of sp³-hybridized carbons (Fsp3) is 0.364. The Kier molecular flexibility index (Phi) is 4.36. The molecule has 4 heteroatoms. The Morgan fingerprint density at radius 1 is 1.40 bits per heavy atom. The van der Waals surface area contributed by atoms with Gasteiger partial charge in [0.1, 0.15) is 0 Å². The molecule has 0 spiro atoms. The SMILES string of the molecule is CCc1ccc(Cl)c(CC)c1NC(N)=S. The maximum atomic E-state index is 6.12. The van der Waals surface area contributed by atoms with Crippen LogP contribution in [0.15, 0.2) is 12.1 Å². The summed E-state index contributed by atoms with van der Waals surface area (Å²) >= 11 is 11.0. The summed E-state index contributed by atoms with van der Waals surface area (Å²) in [5, 5.41) is 4.05. The van der Waals surface area contributed by atoms with E-state index in [1.54, 1.807) is 0 Å². The third kappa shape index (κ3) is 2.83. The number of anilines is 1. The van der Waals surface area contributed by atoms with Gasteiger partial charge in [-0.1, -0.05) is 31.5 Å². The Labute approximate surface area is 101 Å². The van der Waals surface area contributed by atoms with Crippen LogP contribution in [0.2, 0.25) is 5.02 Å². The van der Waals surface area contributed by atoms with Crippen molar-refractivity contribution in [2.75, 3.05) is 5.32 Å². The molecule has 0 unspecified atom stereocenters. The summed E-state index contributed by atoms with van der Waals surface area (Å²) in [6.45, 7) is 4.15. The van der Waals surface area contributed by atoms with Gasteiger partial charge < -0.3 is 11.1 Å². The summed E-state index contributed by atoms with van der Waals surface area (Å²) in [6, 6.07) is 3.92. The average molecular weight is 243 g/mol. The lowest BCUT2D eigenvalue weighted by molar-refractivity contribution is 1.09. The lowest BCUT2D eigenvalue weighted by atomic mass is 10.0. The van der Waals surface area contributed by atoms with E-state index in [0.29, 0.717) is 0 Å². The monoisotopic (exact) mass is 242 g/mol. The van der Waals surface area contributed by atoms with Crippen molar-refractivity contribution in [2.24, 2.45) is 5.73 Å². The van der Waals surface area contributed by atoms with E-state index in [4.69, 9.17) is 29.6 Å². The number of hydrogen-bond acceptors (Lipinski definition) is 1. The minimum atomic E-state index is 0.279. The van der Waals surface area contributed by atoms with Crippen LogP contribution >= 0.6 is 23.8 Å².